The summed E-state index contributed by atoms with van der Waals surface area (Å²) in [6, 6.07) is 13.0. The zero-order valence-electron chi connectivity index (χ0n) is 15.0. The Morgan fingerprint density at radius 3 is 2.36 bits per heavy atom. The van der Waals surface area contributed by atoms with Crippen LogP contribution in [0, 0.1) is 13.8 Å². The maximum Gasteiger partial charge on any atom is 0.261 e. The van der Waals surface area contributed by atoms with Crippen LogP contribution in [0.15, 0.2) is 42.5 Å². The second-order valence-corrected chi connectivity index (χ2v) is 6.61. The third kappa shape index (κ3) is 5.98. The van der Waals surface area contributed by atoms with Crippen LogP contribution in [0.3, 0.4) is 0 Å². The van der Waals surface area contributed by atoms with Gasteiger partial charge < -0.3 is 14.8 Å². The minimum atomic E-state index is -0.609. The van der Waals surface area contributed by atoms with Gasteiger partial charge in [-0.25, -0.2) is 0 Å². The van der Waals surface area contributed by atoms with E-state index in [0.717, 1.165) is 11.3 Å². The Bertz CT molecular complexity index is 715. The highest BCUT2D eigenvalue weighted by Gasteiger charge is 2.17. The van der Waals surface area contributed by atoms with Gasteiger partial charge in [0.25, 0.3) is 5.91 Å². The largest absolute Gasteiger partial charge is 0.491 e. The Hall–Kier alpha value is -2.20. The number of carbonyl (C=O) groups excluding carboxylic acids is 1. The van der Waals surface area contributed by atoms with Gasteiger partial charge in [-0.3, -0.25) is 4.79 Å². The number of carbonyl (C=O) groups is 1. The van der Waals surface area contributed by atoms with Gasteiger partial charge in [0.1, 0.15) is 18.1 Å². The lowest BCUT2D eigenvalue weighted by Gasteiger charge is -2.19. The molecular formula is C20H24ClNO3. The first kappa shape index (κ1) is 19.1. The molecule has 2 aromatic rings. The lowest BCUT2D eigenvalue weighted by molar-refractivity contribution is -0.128. The van der Waals surface area contributed by atoms with Crippen LogP contribution >= 0.6 is 11.6 Å². The molecule has 0 spiro atoms. The van der Waals surface area contributed by atoms with Gasteiger partial charge in [-0.2, -0.15) is 0 Å². The van der Waals surface area contributed by atoms with Gasteiger partial charge in [0, 0.05) is 5.02 Å². The minimum Gasteiger partial charge on any atom is -0.491 e. The van der Waals surface area contributed by atoms with E-state index in [2.05, 4.69) is 5.32 Å². The van der Waals surface area contributed by atoms with Crippen LogP contribution in [-0.4, -0.2) is 24.7 Å². The smallest absolute Gasteiger partial charge is 0.261 e. The molecule has 0 saturated heterocycles. The quantitative estimate of drug-likeness (QED) is 0.799. The number of aryl methyl sites for hydroxylation is 2. The summed E-state index contributed by atoms with van der Waals surface area (Å²) < 4.78 is 11.4. The van der Waals surface area contributed by atoms with Crippen molar-refractivity contribution in [3.05, 3.63) is 58.6 Å². The van der Waals surface area contributed by atoms with Crippen molar-refractivity contribution >= 4 is 17.5 Å². The van der Waals surface area contributed by atoms with E-state index in [4.69, 9.17) is 21.1 Å². The van der Waals surface area contributed by atoms with Crippen LogP contribution in [0.25, 0.3) is 0 Å². The lowest BCUT2D eigenvalue weighted by Crippen LogP contribution is -2.43. The molecule has 0 aliphatic heterocycles. The third-order valence-electron chi connectivity index (χ3n) is 3.72. The van der Waals surface area contributed by atoms with Crippen molar-refractivity contribution in [1.82, 2.24) is 5.32 Å². The van der Waals surface area contributed by atoms with Crippen molar-refractivity contribution in [3.8, 4) is 11.5 Å². The van der Waals surface area contributed by atoms with Crippen LogP contribution in [0.2, 0.25) is 5.02 Å². The molecule has 0 saturated carbocycles. The molecule has 4 nitrogen and oxygen atoms in total. The average Bonchev–Trinajstić information content (AvgIpc) is 2.57. The molecule has 1 amide bonds. The second kappa shape index (κ2) is 8.77. The molecule has 0 aromatic heterocycles. The van der Waals surface area contributed by atoms with Crippen molar-refractivity contribution in [1.29, 1.82) is 0 Å². The standard InChI is InChI=1S/C20H24ClNO3/c1-13-5-7-17(8-6-13)24-12-15(3)22-20(23)16(4)25-18-9-10-19(21)14(2)11-18/h5-11,15-16H,12H2,1-4H3,(H,22,23). The van der Waals surface area contributed by atoms with Gasteiger partial charge in [0.15, 0.2) is 6.10 Å². The van der Waals surface area contributed by atoms with E-state index >= 15 is 0 Å². The Balaban J connectivity index is 1.81. The summed E-state index contributed by atoms with van der Waals surface area (Å²) in [5.74, 6) is 1.22. The molecule has 0 aliphatic rings. The van der Waals surface area contributed by atoms with Gasteiger partial charge in [-0.05, 0) is 63.6 Å². The summed E-state index contributed by atoms with van der Waals surface area (Å²) in [7, 11) is 0. The summed E-state index contributed by atoms with van der Waals surface area (Å²) in [5.41, 5.74) is 2.09. The van der Waals surface area contributed by atoms with E-state index in [0.29, 0.717) is 17.4 Å². The minimum absolute atomic E-state index is 0.133. The summed E-state index contributed by atoms with van der Waals surface area (Å²) in [6.07, 6.45) is -0.609. The number of halogens is 1. The van der Waals surface area contributed by atoms with Crippen molar-refractivity contribution in [2.75, 3.05) is 6.61 Å². The number of rotatable bonds is 7. The molecule has 0 heterocycles. The summed E-state index contributed by atoms with van der Waals surface area (Å²) in [4.78, 5) is 12.2. The molecular weight excluding hydrogens is 338 g/mol. The number of ether oxygens (including phenoxy) is 2. The molecule has 0 aliphatic carbocycles. The second-order valence-electron chi connectivity index (χ2n) is 6.20. The Kier molecular flexibility index (Phi) is 6.71. The fourth-order valence-corrected chi connectivity index (χ4v) is 2.32. The number of hydrogen-bond acceptors (Lipinski definition) is 3. The predicted molar refractivity (Wildman–Crippen MR) is 101 cm³/mol. The zero-order valence-corrected chi connectivity index (χ0v) is 15.8. The maximum atomic E-state index is 12.2. The number of amides is 1. The SMILES string of the molecule is Cc1ccc(OCC(C)NC(=O)C(C)Oc2ccc(Cl)c(C)c2)cc1. The highest BCUT2D eigenvalue weighted by Crippen LogP contribution is 2.21. The van der Waals surface area contributed by atoms with Crippen LogP contribution in [0.1, 0.15) is 25.0 Å². The molecule has 2 rings (SSSR count). The zero-order chi connectivity index (χ0) is 18.4. The molecule has 5 heteroatoms. The van der Waals surface area contributed by atoms with Crippen LogP contribution < -0.4 is 14.8 Å². The van der Waals surface area contributed by atoms with Crippen molar-refractivity contribution in [2.45, 2.75) is 39.8 Å². The van der Waals surface area contributed by atoms with Crippen LogP contribution in [0.5, 0.6) is 11.5 Å². The van der Waals surface area contributed by atoms with Crippen molar-refractivity contribution in [3.63, 3.8) is 0 Å². The predicted octanol–water partition coefficient (Wildman–Crippen LogP) is 4.31. The Morgan fingerprint density at radius 2 is 1.72 bits per heavy atom. The van der Waals surface area contributed by atoms with Crippen molar-refractivity contribution < 1.29 is 14.3 Å². The molecule has 0 bridgehead atoms. The molecule has 0 fully saturated rings. The van der Waals surface area contributed by atoms with E-state index in [1.54, 1.807) is 19.1 Å². The summed E-state index contributed by atoms with van der Waals surface area (Å²) in [5, 5.41) is 3.57. The van der Waals surface area contributed by atoms with E-state index in [1.165, 1.54) is 5.56 Å². The topological polar surface area (TPSA) is 47.6 Å². The van der Waals surface area contributed by atoms with E-state index in [1.807, 2.05) is 51.1 Å². The molecule has 134 valence electrons. The normalized spacial score (nSPS) is 13.0. The van der Waals surface area contributed by atoms with E-state index in [-0.39, 0.29) is 11.9 Å². The number of nitrogens with one attached hydrogen (secondary N) is 1. The van der Waals surface area contributed by atoms with Gasteiger partial charge in [0.05, 0.1) is 6.04 Å². The summed E-state index contributed by atoms with van der Waals surface area (Å²) in [6.45, 7) is 7.92. The van der Waals surface area contributed by atoms with Crippen molar-refractivity contribution in [2.24, 2.45) is 0 Å². The highest BCUT2D eigenvalue weighted by molar-refractivity contribution is 6.31. The lowest BCUT2D eigenvalue weighted by atomic mass is 10.2. The van der Waals surface area contributed by atoms with Crippen LogP contribution in [-0.2, 0) is 4.79 Å². The molecule has 2 aromatic carbocycles. The Morgan fingerprint density at radius 1 is 1.08 bits per heavy atom. The van der Waals surface area contributed by atoms with Gasteiger partial charge in [0.2, 0.25) is 0 Å². The Labute approximate surface area is 154 Å². The fraction of sp³-hybridized carbons (Fsp3) is 0.350. The van der Waals surface area contributed by atoms with Gasteiger partial charge >= 0.3 is 0 Å². The van der Waals surface area contributed by atoms with Gasteiger partial charge in [-0.15, -0.1) is 0 Å². The fourth-order valence-electron chi connectivity index (χ4n) is 2.21. The molecule has 1 N–H and O–H groups in total. The highest BCUT2D eigenvalue weighted by atomic mass is 35.5. The molecule has 0 radical (unpaired) electrons. The average molecular weight is 362 g/mol. The van der Waals surface area contributed by atoms with E-state index < -0.39 is 6.10 Å². The molecule has 2 atom stereocenters. The number of hydrogen-bond donors (Lipinski definition) is 1. The maximum absolute atomic E-state index is 12.2. The number of benzene rings is 2. The monoisotopic (exact) mass is 361 g/mol. The first-order valence-electron chi connectivity index (χ1n) is 8.28. The third-order valence-corrected chi connectivity index (χ3v) is 4.15. The van der Waals surface area contributed by atoms with Gasteiger partial charge in [-0.1, -0.05) is 29.3 Å². The van der Waals surface area contributed by atoms with E-state index in [9.17, 15) is 4.79 Å². The first-order chi connectivity index (χ1) is 11.8. The van der Waals surface area contributed by atoms with Crippen LogP contribution in [0.4, 0.5) is 0 Å². The molecule has 2 unspecified atom stereocenters. The summed E-state index contributed by atoms with van der Waals surface area (Å²) >= 11 is 5.99. The first-order valence-corrected chi connectivity index (χ1v) is 8.65. The molecule has 25 heavy (non-hydrogen) atoms.